The van der Waals surface area contributed by atoms with Crippen molar-refractivity contribution in [2.75, 3.05) is 20.1 Å². The predicted octanol–water partition coefficient (Wildman–Crippen LogP) is 4.30. The Morgan fingerprint density at radius 3 is 2.41 bits per heavy atom. The number of rotatable bonds is 6. The molecule has 2 aromatic rings. The molecule has 1 amide bonds. The fraction of sp³-hybridized carbons (Fsp3) is 0.381. The summed E-state index contributed by atoms with van der Waals surface area (Å²) in [6.07, 6.45) is 1.09. The first kappa shape index (κ1) is 22.3. The van der Waals surface area contributed by atoms with Gasteiger partial charge in [0.05, 0.1) is 5.75 Å². The molecule has 0 unspecified atom stereocenters. The molecule has 0 aliphatic carbocycles. The molecule has 156 valence electrons. The molecule has 0 radical (unpaired) electrons. The van der Waals surface area contributed by atoms with E-state index in [9.17, 15) is 13.2 Å². The van der Waals surface area contributed by atoms with Crippen LogP contribution in [0.5, 0.6) is 0 Å². The van der Waals surface area contributed by atoms with E-state index in [1.54, 1.807) is 11.9 Å². The molecule has 5 nitrogen and oxygen atoms in total. The summed E-state index contributed by atoms with van der Waals surface area (Å²) < 4.78 is 27.9. The molecule has 1 aliphatic heterocycles. The summed E-state index contributed by atoms with van der Waals surface area (Å²) in [7, 11) is -1.62. The Bertz CT molecular complexity index is 958. The highest BCUT2D eigenvalue weighted by molar-refractivity contribution is 9.10. The van der Waals surface area contributed by atoms with Crippen LogP contribution in [0.4, 0.5) is 0 Å². The Morgan fingerprint density at radius 2 is 1.79 bits per heavy atom. The number of piperidine rings is 1. The molecule has 0 N–H and O–H groups in total. The number of benzene rings is 2. The van der Waals surface area contributed by atoms with Crippen molar-refractivity contribution in [2.45, 2.75) is 25.1 Å². The molecule has 0 aromatic heterocycles. The lowest BCUT2D eigenvalue weighted by Crippen LogP contribution is -2.43. The maximum absolute atomic E-state index is 12.8. The van der Waals surface area contributed by atoms with Gasteiger partial charge < -0.3 is 4.90 Å². The van der Waals surface area contributed by atoms with E-state index in [-0.39, 0.29) is 17.6 Å². The lowest BCUT2D eigenvalue weighted by Gasteiger charge is -2.32. The van der Waals surface area contributed by atoms with E-state index in [0.29, 0.717) is 37.5 Å². The Balaban J connectivity index is 1.54. The van der Waals surface area contributed by atoms with E-state index in [4.69, 9.17) is 11.6 Å². The Hall–Kier alpha value is -1.41. The van der Waals surface area contributed by atoms with Crippen molar-refractivity contribution in [2.24, 2.45) is 5.92 Å². The number of sulfonamides is 1. The van der Waals surface area contributed by atoms with Gasteiger partial charge in [0.25, 0.3) is 0 Å². The number of nitrogens with zero attached hydrogens (tertiary/aromatic N) is 2. The molecule has 0 saturated carbocycles. The summed E-state index contributed by atoms with van der Waals surface area (Å²) in [6, 6.07) is 14.8. The van der Waals surface area contributed by atoms with E-state index >= 15 is 0 Å². The molecular formula is C21H24BrClN2O3S. The maximum Gasteiger partial charge on any atom is 0.225 e. The second-order valence-corrected chi connectivity index (χ2v) is 10.7. The van der Waals surface area contributed by atoms with Crippen LogP contribution in [-0.4, -0.2) is 43.7 Å². The summed E-state index contributed by atoms with van der Waals surface area (Å²) in [4.78, 5) is 14.5. The second kappa shape index (κ2) is 9.60. The van der Waals surface area contributed by atoms with Crippen molar-refractivity contribution >= 4 is 43.5 Å². The van der Waals surface area contributed by atoms with Crippen LogP contribution in [-0.2, 0) is 27.1 Å². The lowest BCUT2D eigenvalue weighted by atomic mass is 9.96. The minimum absolute atomic E-state index is 0.0263. The molecule has 0 spiro atoms. The normalized spacial score (nSPS) is 16.0. The van der Waals surface area contributed by atoms with E-state index in [1.807, 2.05) is 48.5 Å². The highest BCUT2D eigenvalue weighted by Gasteiger charge is 2.32. The molecule has 29 heavy (non-hydrogen) atoms. The zero-order valence-electron chi connectivity index (χ0n) is 16.2. The van der Waals surface area contributed by atoms with Gasteiger partial charge in [-0.05, 0) is 48.2 Å². The zero-order valence-corrected chi connectivity index (χ0v) is 19.4. The standard InChI is InChI=1S/C21H24BrClN2O3S/c1-24(14-16-5-7-20(23)8-6-16)21(26)18-9-11-25(12-10-18)29(27,28)15-17-3-2-4-19(22)13-17/h2-8,13,18H,9-12,14-15H2,1H3. The smallest absolute Gasteiger partial charge is 0.225 e. The number of halogens is 2. The van der Waals surface area contributed by atoms with Gasteiger partial charge in [0.2, 0.25) is 15.9 Å². The zero-order chi connectivity index (χ0) is 21.0. The number of hydrogen-bond acceptors (Lipinski definition) is 3. The quantitative estimate of drug-likeness (QED) is 0.595. The van der Waals surface area contributed by atoms with Gasteiger partial charge in [-0.2, -0.15) is 0 Å². The number of carbonyl (C=O) groups is 1. The average Bonchev–Trinajstić information content (AvgIpc) is 2.69. The molecule has 1 fully saturated rings. The highest BCUT2D eigenvalue weighted by Crippen LogP contribution is 2.24. The van der Waals surface area contributed by atoms with Crippen LogP contribution in [0.25, 0.3) is 0 Å². The topological polar surface area (TPSA) is 57.7 Å². The van der Waals surface area contributed by atoms with Gasteiger partial charge in [0.1, 0.15) is 0 Å². The Kier molecular flexibility index (Phi) is 7.37. The monoisotopic (exact) mass is 498 g/mol. The van der Waals surface area contributed by atoms with Crippen molar-refractivity contribution in [1.29, 1.82) is 0 Å². The molecule has 0 bridgehead atoms. The Morgan fingerprint density at radius 1 is 1.14 bits per heavy atom. The van der Waals surface area contributed by atoms with E-state index in [2.05, 4.69) is 15.9 Å². The fourth-order valence-corrected chi connectivity index (χ4v) is 5.69. The molecule has 1 aliphatic rings. The summed E-state index contributed by atoms with van der Waals surface area (Å²) in [5.74, 6) is -0.116. The summed E-state index contributed by atoms with van der Waals surface area (Å²) in [5, 5.41) is 0.666. The van der Waals surface area contributed by atoms with Gasteiger partial charge in [-0.3, -0.25) is 4.79 Å². The van der Waals surface area contributed by atoms with Crippen molar-refractivity contribution in [3.63, 3.8) is 0 Å². The van der Waals surface area contributed by atoms with Gasteiger partial charge in [-0.15, -0.1) is 0 Å². The van der Waals surface area contributed by atoms with Gasteiger partial charge in [-0.25, -0.2) is 12.7 Å². The third kappa shape index (κ3) is 6.04. The summed E-state index contributed by atoms with van der Waals surface area (Å²) >= 11 is 9.28. The third-order valence-corrected chi connectivity index (χ3v) is 7.74. The summed E-state index contributed by atoms with van der Waals surface area (Å²) in [5.41, 5.74) is 1.76. The van der Waals surface area contributed by atoms with Gasteiger partial charge >= 0.3 is 0 Å². The molecule has 8 heteroatoms. The molecular weight excluding hydrogens is 476 g/mol. The van der Waals surface area contributed by atoms with Crippen molar-refractivity contribution in [3.8, 4) is 0 Å². The van der Waals surface area contributed by atoms with Crippen molar-refractivity contribution in [1.82, 2.24) is 9.21 Å². The number of carbonyl (C=O) groups excluding carboxylic acids is 1. The van der Waals surface area contributed by atoms with Crippen LogP contribution in [0.15, 0.2) is 53.0 Å². The van der Waals surface area contributed by atoms with E-state index < -0.39 is 10.0 Å². The summed E-state index contributed by atoms with van der Waals surface area (Å²) in [6.45, 7) is 1.26. The fourth-order valence-electron chi connectivity index (χ4n) is 3.56. The third-order valence-electron chi connectivity index (χ3n) is 5.14. The maximum atomic E-state index is 12.8. The van der Waals surface area contributed by atoms with Crippen molar-refractivity contribution < 1.29 is 13.2 Å². The SMILES string of the molecule is CN(Cc1ccc(Cl)cc1)C(=O)C1CCN(S(=O)(=O)Cc2cccc(Br)c2)CC1. The first-order valence-electron chi connectivity index (χ1n) is 9.46. The van der Waals surface area contributed by atoms with Crippen LogP contribution in [0.3, 0.4) is 0 Å². The van der Waals surface area contributed by atoms with Gasteiger partial charge in [0.15, 0.2) is 0 Å². The molecule has 0 atom stereocenters. The number of amides is 1. The van der Waals surface area contributed by atoms with Crippen LogP contribution in [0, 0.1) is 5.92 Å². The van der Waals surface area contributed by atoms with Crippen LogP contribution < -0.4 is 0 Å². The lowest BCUT2D eigenvalue weighted by molar-refractivity contribution is -0.135. The molecule has 2 aromatic carbocycles. The van der Waals surface area contributed by atoms with Crippen LogP contribution in [0.2, 0.25) is 5.02 Å². The highest BCUT2D eigenvalue weighted by atomic mass is 79.9. The molecule has 1 heterocycles. The first-order valence-corrected chi connectivity index (χ1v) is 12.2. The van der Waals surface area contributed by atoms with E-state index in [0.717, 1.165) is 15.6 Å². The average molecular weight is 500 g/mol. The minimum atomic E-state index is -3.40. The van der Waals surface area contributed by atoms with E-state index in [1.165, 1.54) is 4.31 Å². The second-order valence-electron chi connectivity index (χ2n) is 7.38. The van der Waals surface area contributed by atoms with Crippen molar-refractivity contribution in [3.05, 3.63) is 69.2 Å². The number of hydrogen-bond donors (Lipinski definition) is 0. The van der Waals surface area contributed by atoms with Gasteiger partial charge in [0, 0.05) is 42.1 Å². The molecule has 3 rings (SSSR count). The predicted molar refractivity (Wildman–Crippen MR) is 119 cm³/mol. The first-order chi connectivity index (χ1) is 13.7. The largest absolute Gasteiger partial charge is 0.341 e. The van der Waals surface area contributed by atoms with Gasteiger partial charge in [-0.1, -0.05) is 51.8 Å². The minimum Gasteiger partial charge on any atom is -0.341 e. The van der Waals surface area contributed by atoms with Crippen LogP contribution >= 0.6 is 27.5 Å². The Labute approximate surface area is 185 Å². The van der Waals surface area contributed by atoms with Crippen LogP contribution in [0.1, 0.15) is 24.0 Å². The molecule has 1 saturated heterocycles.